The number of rotatable bonds is 4. The quantitative estimate of drug-likeness (QED) is 0.864. The van der Waals surface area contributed by atoms with Gasteiger partial charge in [0.05, 0.1) is 13.2 Å². The fourth-order valence-electron chi connectivity index (χ4n) is 2.13. The molecule has 6 nitrogen and oxygen atoms in total. The molecule has 0 spiro atoms. The van der Waals surface area contributed by atoms with E-state index in [0.717, 1.165) is 17.8 Å². The van der Waals surface area contributed by atoms with Gasteiger partial charge in [-0.15, -0.1) is 0 Å². The summed E-state index contributed by atoms with van der Waals surface area (Å²) in [5, 5.41) is 15.0. The zero-order valence-corrected chi connectivity index (χ0v) is 11.4. The van der Waals surface area contributed by atoms with Gasteiger partial charge in [0.15, 0.2) is 5.69 Å². The van der Waals surface area contributed by atoms with Crippen LogP contribution in [0.15, 0.2) is 0 Å². The van der Waals surface area contributed by atoms with Gasteiger partial charge in [-0.25, -0.2) is 14.3 Å². The minimum atomic E-state index is -0.505. The Morgan fingerprint density at radius 1 is 1.58 bits per heavy atom. The molecule has 1 N–H and O–H groups in total. The van der Waals surface area contributed by atoms with Crippen molar-refractivity contribution in [3.05, 3.63) is 16.4 Å². The smallest absolute Gasteiger partial charge is 0.359 e. The molecule has 1 aliphatic rings. The summed E-state index contributed by atoms with van der Waals surface area (Å²) >= 11 is 1.49. The van der Waals surface area contributed by atoms with Crippen molar-refractivity contribution >= 4 is 22.3 Å². The van der Waals surface area contributed by atoms with E-state index in [-0.39, 0.29) is 18.9 Å². The first kappa shape index (κ1) is 12.6. The largest absolute Gasteiger partial charge is 0.461 e. The van der Waals surface area contributed by atoms with E-state index < -0.39 is 5.97 Å². The Hall–Kier alpha value is -1.47. The van der Waals surface area contributed by atoms with Gasteiger partial charge in [0, 0.05) is 5.92 Å². The molecule has 2 aromatic heterocycles. The number of carbonyl (C=O) groups excluding carboxylic acids is 1. The number of aliphatic hydroxyl groups is 1. The van der Waals surface area contributed by atoms with Gasteiger partial charge in [-0.05, 0) is 19.8 Å². The first-order valence-electron chi connectivity index (χ1n) is 6.41. The van der Waals surface area contributed by atoms with Crippen molar-refractivity contribution < 1.29 is 14.6 Å². The molecule has 0 amide bonds. The second-order valence-corrected chi connectivity index (χ2v) is 5.54. The van der Waals surface area contributed by atoms with Crippen LogP contribution < -0.4 is 0 Å². The molecule has 2 heterocycles. The summed E-state index contributed by atoms with van der Waals surface area (Å²) in [5.41, 5.74) is 0.582. The van der Waals surface area contributed by atoms with E-state index in [4.69, 9.17) is 4.74 Å². The van der Waals surface area contributed by atoms with Gasteiger partial charge in [-0.1, -0.05) is 17.8 Å². The van der Waals surface area contributed by atoms with Crippen LogP contribution >= 0.6 is 11.3 Å². The van der Waals surface area contributed by atoms with Gasteiger partial charge in [-0.2, -0.15) is 5.10 Å². The molecule has 2 aromatic rings. The summed E-state index contributed by atoms with van der Waals surface area (Å²) in [6.07, 6.45) is 3.57. The molecule has 0 radical (unpaired) electrons. The van der Waals surface area contributed by atoms with Crippen molar-refractivity contribution in [3.8, 4) is 0 Å². The van der Waals surface area contributed by atoms with E-state index in [9.17, 15) is 9.90 Å². The fourth-order valence-corrected chi connectivity index (χ4v) is 3.22. The number of esters is 1. The average molecular weight is 281 g/mol. The molecule has 0 aromatic carbocycles. The standard InChI is InChI=1S/C12H15N3O3S/c1-2-18-11(17)9-8(6-16)15-12(13-9)19-10(14-15)7-4-3-5-7/h7,16H,2-6H2,1H3. The third kappa shape index (κ3) is 2.02. The van der Waals surface area contributed by atoms with Gasteiger partial charge in [0.2, 0.25) is 4.96 Å². The van der Waals surface area contributed by atoms with Crippen LogP contribution in [0.1, 0.15) is 53.3 Å². The van der Waals surface area contributed by atoms with E-state index in [0.29, 0.717) is 16.6 Å². The van der Waals surface area contributed by atoms with E-state index in [1.54, 1.807) is 11.4 Å². The molecule has 1 fully saturated rings. The number of hydrogen-bond donors (Lipinski definition) is 1. The summed E-state index contributed by atoms with van der Waals surface area (Å²) in [6.45, 7) is 1.75. The SMILES string of the molecule is CCOC(=O)c1nc2sc(C3CCC3)nn2c1CO. The minimum Gasteiger partial charge on any atom is -0.461 e. The van der Waals surface area contributed by atoms with Crippen molar-refractivity contribution in [2.24, 2.45) is 0 Å². The van der Waals surface area contributed by atoms with Crippen LogP contribution in [0.3, 0.4) is 0 Å². The van der Waals surface area contributed by atoms with Crippen LogP contribution in [-0.4, -0.2) is 32.3 Å². The van der Waals surface area contributed by atoms with Crippen LogP contribution in [0.25, 0.3) is 4.96 Å². The van der Waals surface area contributed by atoms with E-state index >= 15 is 0 Å². The molecule has 0 unspecified atom stereocenters. The molecular weight excluding hydrogens is 266 g/mol. The van der Waals surface area contributed by atoms with Crippen molar-refractivity contribution in [2.45, 2.75) is 38.7 Å². The maximum Gasteiger partial charge on any atom is 0.359 e. The van der Waals surface area contributed by atoms with Crippen LogP contribution in [0, 0.1) is 0 Å². The Kier molecular flexibility index (Phi) is 3.24. The number of imidazole rings is 1. The first-order valence-corrected chi connectivity index (χ1v) is 7.22. The monoisotopic (exact) mass is 281 g/mol. The van der Waals surface area contributed by atoms with E-state index in [1.807, 2.05) is 0 Å². The number of carbonyl (C=O) groups is 1. The van der Waals surface area contributed by atoms with Gasteiger partial charge >= 0.3 is 5.97 Å². The molecule has 19 heavy (non-hydrogen) atoms. The normalized spacial score (nSPS) is 15.7. The number of hydrogen-bond acceptors (Lipinski definition) is 6. The highest BCUT2D eigenvalue weighted by atomic mass is 32.1. The van der Waals surface area contributed by atoms with Gasteiger partial charge in [-0.3, -0.25) is 0 Å². The highest BCUT2D eigenvalue weighted by Gasteiger charge is 2.27. The highest BCUT2D eigenvalue weighted by Crippen LogP contribution is 2.38. The molecule has 7 heteroatoms. The maximum atomic E-state index is 11.7. The topological polar surface area (TPSA) is 76.7 Å². The molecule has 1 aliphatic carbocycles. The number of aromatic nitrogens is 3. The second-order valence-electron chi connectivity index (χ2n) is 4.55. The molecular formula is C12H15N3O3S. The average Bonchev–Trinajstić information content (AvgIpc) is 2.83. The minimum absolute atomic E-state index is 0.170. The predicted octanol–water partition coefficient (Wildman–Crippen LogP) is 1.73. The van der Waals surface area contributed by atoms with Crippen molar-refractivity contribution in [3.63, 3.8) is 0 Å². The lowest BCUT2D eigenvalue weighted by Crippen LogP contribution is -2.11. The lowest BCUT2D eigenvalue weighted by Gasteiger charge is -2.21. The zero-order valence-electron chi connectivity index (χ0n) is 10.6. The van der Waals surface area contributed by atoms with Crippen molar-refractivity contribution in [1.29, 1.82) is 0 Å². The third-order valence-electron chi connectivity index (χ3n) is 3.39. The summed E-state index contributed by atoms with van der Waals surface area (Å²) in [7, 11) is 0. The molecule has 0 bridgehead atoms. The molecule has 0 aliphatic heterocycles. The lowest BCUT2D eigenvalue weighted by molar-refractivity contribution is 0.0516. The van der Waals surface area contributed by atoms with Crippen LogP contribution in [0.2, 0.25) is 0 Å². The second kappa shape index (κ2) is 4.90. The van der Waals surface area contributed by atoms with E-state index in [1.165, 1.54) is 17.8 Å². The predicted molar refractivity (Wildman–Crippen MR) is 69.3 cm³/mol. The summed E-state index contributed by atoms with van der Waals surface area (Å²) in [5.74, 6) is 0.0127. The Bertz CT molecular complexity index is 615. The van der Waals surface area contributed by atoms with Crippen LogP contribution in [0.5, 0.6) is 0 Å². The zero-order chi connectivity index (χ0) is 13.4. The van der Waals surface area contributed by atoms with Crippen molar-refractivity contribution in [2.75, 3.05) is 6.61 Å². The molecule has 1 saturated carbocycles. The Balaban J connectivity index is 2.00. The molecule has 0 saturated heterocycles. The van der Waals surface area contributed by atoms with E-state index in [2.05, 4.69) is 10.1 Å². The number of ether oxygens (including phenoxy) is 1. The van der Waals surface area contributed by atoms with Gasteiger partial charge in [0.1, 0.15) is 10.7 Å². The van der Waals surface area contributed by atoms with Crippen LogP contribution in [-0.2, 0) is 11.3 Å². The summed E-state index contributed by atoms with van der Waals surface area (Å²) < 4.78 is 6.50. The fraction of sp³-hybridized carbons (Fsp3) is 0.583. The number of aliphatic hydroxyl groups excluding tert-OH is 1. The summed E-state index contributed by atoms with van der Waals surface area (Å²) in [6, 6.07) is 0. The first-order chi connectivity index (χ1) is 9.24. The molecule has 102 valence electrons. The van der Waals surface area contributed by atoms with Gasteiger partial charge < -0.3 is 9.84 Å². The number of fused-ring (bicyclic) bond motifs is 1. The lowest BCUT2D eigenvalue weighted by atomic mass is 9.86. The third-order valence-corrected chi connectivity index (χ3v) is 4.46. The Labute approximate surface area is 114 Å². The Morgan fingerprint density at radius 3 is 2.95 bits per heavy atom. The summed E-state index contributed by atoms with van der Waals surface area (Å²) in [4.78, 5) is 16.6. The molecule has 0 atom stereocenters. The van der Waals surface area contributed by atoms with Crippen molar-refractivity contribution in [1.82, 2.24) is 14.6 Å². The number of nitrogens with zero attached hydrogens (tertiary/aromatic N) is 3. The Morgan fingerprint density at radius 2 is 2.37 bits per heavy atom. The molecule has 3 rings (SSSR count). The van der Waals surface area contributed by atoms with Crippen LogP contribution in [0.4, 0.5) is 0 Å². The van der Waals surface area contributed by atoms with Gasteiger partial charge in [0.25, 0.3) is 0 Å². The maximum absolute atomic E-state index is 11.7. The highest BCUT2D eigenvalue weighted by molar-refractivity contribution is 7.16.